The Balaban J connectivity index is 1.74. The minimum absolute atomic E-state index is 0.201. The number of urea groups is 1. The molecular weight excluding hydrogens is 297 g/mol. The topological polar surface area (TPSA) is 53.6 Å². The Hall–Kier alpha value is -1.82. The highest BCUT2D eigenvalue weighted by Crippen LogP contribution is 2.21. The normalized spacial score (nSPS) is 16.7. The van der Waals surface area contributed by atoms with Crippen molar-refractivity contribution >= 4 is 6.03 Å². The van der Waals surface area contributed by atoms with Crippen molar-refractivity contribution in [2.45, 2.75) is 32.2 Å². The smallest absolute Gasteiger partial charge is 0.315 e. The molecule has 0 radical (unpaired) electrons. The van der Waals surface area contributed by atoms with Crippen LogP contribution in [0, 0.1) is 5.82 Å². The summed E-state index contributed by atoms with van der Waals surface area (Å²) in [5, 5.41) is 5.68. The van der Waals surface area contributed by atoms with Crippen LogP contribution in [0.5, 0.6) is 5.75 Å². The third kappa shape index (κ3) is 5.39. The van der Waals surface area contributed by atoms with Crippen LogP contribution in [0.2, 0.25) is 0 Å². The van der Waals surface area contributed by atoms with Crippen molar-refractivity contribution in [3.05, 3.63) is 29.6 Å². The zero-order chi connectivity index (χ0) is 16.7. The van der Waals surface area contributed by atoms with E-state index in [0.717, 1.165) is 19.6 Å². The summed E-state index contributed by atoms with van der Waals surface area (Å²) in [6.07, 6.45) is 3.79. The minimum atomic E-state index is -0.427. The summed E-state index contributed by atoms with van der Waals surface area (Å²) in [4.78, 5) is 14.3. The van der Waals surface area contributed by atoms with Crippen LogP contribution >= 0.6 is 0 Å². The van der Waals surface area contributed by atoms with Crippen molar-refractivity contribution < 1.29 is 13.9 Å². The Morgan fingerprint density at radius 2 is 2.09 bits per heavy atom. The molecule has 2 N–H and O–H groups in total. The average Bonchev–Trinajstić information content (AvgIpc) is 2.55. The van der Waals surface area contributed by atoms with Gasteiger partial charge in [-0.2, -0.15) is 0 Å². The SMILES string of the molecule is COc1ccc(C(C)NC(=O)NCCN2CCCCC2)cc1F. The second kappa shape index (κ2) is 8.72. The number of likely N-dealkylation sites (tertiary alicyclic amines) is 1. The maximum atomic E-state index is 13.7. The second-order valence-corrected chi connectivity index (χ2v) is 5.92. The van der Waals surface area contributed by atoms with E-state index in [1.54, 1.807) is 12.1 Å². The van der Waals surface area contributed by atoms with Crippen LogP contribution in [0.15, 0.2) is 18.2 Å². The lowest BCUT2D eigenvalue weighted by molar-refractivity contribution is 0.219. The molecule has 2 amide bonds. The lowest BCUT2D eigenvalue weighted by atomic mass is 10.1. The number of methoxy groups -OCH3 is 1. The molecule has 5 nitrogen and oxygen atoms in total. The van der Waals surface area contributed by atoms with Crippen molar-refractivity contribution in [2.24, 2.45) is 0 Å². The Morgan fingerprint density at radius 3 is 2.74 bits per heavy atom. The van der Waals surface area contributed by atoms with Crippen LogP contribution in [-0.2, 0) is 0 Å². The van der Waals surface area contributed by atoms with Crippen molar-refractivity contribution in [1.29, 1.82) is 0 Å². The molecule has 1 aliphatic rings. The highest BCUT2D eigenvalue weighted by Gasteiger charge is 2.13. The van der Waals surface area contributed by atoms with E-state index in [9.17, 15) is 9.18 Å². The molecule has 1 fully saturated rings. The largest absolute Gasteiger partial charge is 0.494 e. The summed E-state index contributed by atoms with van der Waals surface area (Å²) in [7, 11) is 1.43. The maximum Gasteiger partial charge on any atom is 0.315 e. The van der Waals surface area contributed by atoms with Gasteiger partial charge in [0.2, 0.25) is 0 Å². The van der Waals surface area contributed by atoms with Gasteiger partial charge in [0.1, 0.15) is 0 Å². The molecule has 6 heteroatoms. The van der Waals surface area contributed by atoms with E-state index in [1.807, 2.05) is 6.92 Å². The van der Waals surface area contributed by atoms with E-state index in [0.29, 0.717) is 12.1 Å². The Labute approximate surface area is 137 Å². The van der Waals surface area contributed by atoms with E-state index in [4.69, 9.17) is 4.74 Å². The van der Waals surface area contributed by atoms with Crippen LogP contribution in [0.1, 0.15) is 37.8 Å². The van der Waals surface area contributed by atoms with E-state index in [1.165, 1.54) is 32.4 Å². The number of carbonyl (C=O) groups is 1. The first-order valence-electron chi connectivity index (χ1n) is 8.20. The van der Waals surface area contributed by atoms with E-state index in [2.05, 4.69) is 15.5 Å². The summed E-state index contributed by atoms with van der Waals surface area (Å²) < 4.78 is 18.6. The van der Waals surface area contributed by atoms with Gasteiger partial charge in [-0.15, -0.1) is 0 Å². The predicted molar refractivity (Wildman–Crippen MR) is 88.2 cm³/mol. The lowest BCUT2D eigenvalue weighted by Crippen LogP contribution is -2.42. The third-order valence-corrected chi connectivity index (χ3v) is 4.19. The Kier molecular flexibility index (Phi) is 6.65. The first-order valence-corrected chi connectivity index (χ1v) is 8.20. The predicted octanol–water partition coefficient (Wildman–Crippen LogP) is 2.68. The fourth-order valence-corrected chi connectivity index (χ4v) is 2.79. The molecule has 0 saturated carbocycles. The van der Waals surface area contributed by atoms with E-state index < -0.39 is 5.82 Å². The number of halogens is 1. The fourth-order valence-electron chi connectivity index (χ4n) is 2.79. The first kappa shape index (κ1) is 17.5. The second-order valence-electron chi connectivity index (χ2n) is 5.92. The molecule has 1 heterocycles. The molecule has 23 heavy (non-hydrogen) atoms. The molecule has 1 aliphatic heterocycles. The van der Waals surface area contributed by atoms with Crippen LogP contribution < -0.4 is 15.4 Å². The summed E-state index contributed by atoms with van der Waals surface area (Å²) in [6.45, 7) is 5.55. The van der Waals surface area contributed by atoms with Gasteiger partial charge < -0.3 is 20.3 Å². The summed E-state index contributed by atoms with van der Waals surface area (Å²) in [5.74, 6) is -0.226. The molecule has 1 saturated heterocycles. The van der Waals surface area contributed by atoms with Crippen LogP contribution in [0.25, 0.3) is 0 Å². The number of ether oxygens (including phenoxy) is 1. The number of hydrogen-bond acceptors (Lipinski definition) is 3. The van der Waals surface area contributed by atoms with Gasteiger partial charge in [0.15, 0.2) is 11.6 Å². The van der Waals surface area contributed by atoms with Crippen molar-refractivity contribution in [2.75, 3.05) is 33.3 Å². The maximum absolute atomic E-state index is 13.7. The number of nitrogens with zero attached hydrogens (tertiary/aromatic N) is 1. The zero-order valence-electron chi connectivity index (χ0n) is 13.9. The van der Waals surface area contributed by atoms with Crippen LogP contribution in [0.4, 0.5) is 9.18 Å². The Morgan fingerprint density at radius 1 is 1.35 bits per heavy atom. The molecule has 1 atom stereocenters. The standard InChI is InChI=1S/C17H26FN3O2/c1-13(14-6-7-16(23-2)15(18)12-14)20-17(22)19-8-11-21-9-4-3-5-10-21/h6-7,12-13H,3-5,8-11H2,1-2H3,(H2,19,20,22). The fraction of sp³-hybridized carbons (Fsp3) is 0.588. The van der Waals surface area contributed by atoms with E-state index in [-0.39, 0.29) is 17.8 Å². The van der Waals surface area contributed by atoms with Crippen molar-refractivity contribution in [1.82, 2.24) is 15.5 Å². The van der Waals surface area contributed by atoms with Gasteiger partial charge >= 0.3 is 6.03 Å². The van der Waals surface area contributed by atoms with Gasteiger partial charge in [-0.1, -0.05) is 12.5 Å². The number of carbonyl (C=O) groups excluding carboxylic acids is 1. The van der Waals surface area contributed by atoms with Gasteiger partial charge in [0.05, 0.1) is 13.2 Å². The van der Waals surface area contributed by atoms with Crippen LogP contribution in [-0.4, -0.2) is 44.2 Å². The molecule has 1 aromatic rings. The van der Waals surface area contributed by atoms with Gasteiger partial charge in [-0.25, -0.2) is 9.18 Å². The summed E-state index contributed by atoms with van der Waals surface area (Å²) >= 11 is 0. The molecule has 0 bridgehead atoms. The quantitative estimate of drug-likeness (QED) is 0.846. The van der Waals surface area contributed by atoms with Gasteiger partial charge in [-0.3, -0.25) is 0 Å². The molecular formula is C17H26FN3O2. The Bertz CT molecular complexity index is 519. The first-order chi connectivity index (χ1) is 11.1. The van der Waals surface area contributed by atoms with Crippen molar-refractivity contribution in [3.63, 3.8) is 0 Å². The lowest BCUT2D eigenvalue weighted by Gasteiger charge is -2.26. The molecule has 0 aromatic heterocycles. The minimum Gasteiger partial charge on any atom is -0.494 e. The molecule has 128 valence electrons. The average molecular weight is 323 g/mol. The van der Waals surface area contributed by atoms with Gasteiger partial charge in [0, 0.05) is 13.1 Å². The monoisotopic (exact) mass is 323 g/mol. The number of rotatable bonds is 6. The number of amides is 2. The highest BCUT2D eigenvalue weighted by atomic mass is 19.1. The van der Waals surface area contributed by atoms with Gasteiger partial charge in [-0.05, 0) is 50.6 Å². The van der Waals surface area contributed by atoms with E-state index >= 15 is 0 Å². The summed E-state index contributed by atoms with van der Waals surface area (Å²) in [6, 6.07) is 4.20. The molecule has 0 aliphatic carbocycles. The third-order valence-electron chi connectivity index (χ3n) is 4.19. The van der Waals surface area contributed by atoms with Gasteiger partial charge in [0.25, 0.3) is 0 Å². The molecule has 0 spiro atoms. The number of benzene rings is 1. The van der Waals surface area contributed by atoms with Crippen molar-refractivity contribution in [3.8, 4) is 5.75 Å². The zero-order valence-corrected chi connectivity index (χ0v) is 13.9. The summed E-state index contributed by atoms with van der Waals surface area (Å²) in [5.41, 5.74) is 0.703. The highest BCUT2D eigenvalue weighted by molar-refractivity contribution is 5.74. The number of hydrogen-bond donors (Lipinski definition) is 2. The number of piperidine rings is 1. The van der Waals surface area contributed by atoms with Crippen LogP contribution in [0.3, 0.4) is 0 Å². The molecule has 1 aromatic carbocycles. The number of nitrogens with one attached hydrogen (secondary N) is 2. The molecule has 1 unspecified atom stereocenters. The molecule has 2 rings (SSSR count).